The smallest absolute Gasteiger partial charge is 0.250 e. The molecule has 0 bridgehead atoms. The van der Waals surface area contributed by atoms with Gasteiger partial charge in [0.05, 0.1) is 30.2 Å². The molecule has 3 N–H and O–H groups in total. The Bertz CT molecular complexity index is 1280. The van der Waals surface area contributed by atoms with Gasteiger partial charge in [-0.1, -0.05) is 23.7 Å². The molecule has 0 unspecified atom stereocenters. The highest BCUT2D eigenvalue weighted by Crippen LogP contribution is 2.54. The molecular weight excluding hydrogens is 462 g/mol. The fourth-order valence-electron chi connectivity index (χ4n) is 5.77. The quantitative estimate of drug-likeness (QED) is 0.568. The summed E-state index contributed by atoms with van der Waals surface area (Å²) in [6.07, 6.45) is -0.973. The van der Waals surface area contributed by atoms with Crippen molar-refractivity contribution in [1.82, 2.24) is 10.2 Å². The first-order valence-corrected chi connectivity index (χ1v) is 11.4. The Labute approximate surface area is 200 Å². The summed E-state index contributed by atoms with van der Waals surface area (Å²) in [5.74, 6) is -2.06. The number of hydrogen-bond acceptors (Lipinski definition) is 7. The number of carbonyl (C=O) groups is 3. The molecule has 3 amide bonds. The zero-order valence-corrected chi connectivity index (χ0v) is 19.2. The molecule has 6 rings (SSSR count). The summed E-state index contributed by atoms with van der Waals surface area (Å²) < 4.78 is 10.7. The number of benzene rings is 2. The minimum Gasteiger partial charge on any atom is -0.454 e. The number of fused-ring (bicyclic) bond motifs is 5. The number of aliphatic hydroxyl groups excluding tert-OH is 1. The molecule has 0 saturated carbocycles. The third-order valence-corrected chi connectivity index (χ3v) is 7.82. The van der Waals surface area contributed by atoms with Gasteiger partial charge in [-0.2, -0.15) is 0 Å². The average Bonchev–Trinajstić information content (AvgIpc) is 3.53. The number of imide groups is 1. The van der Waals surface area contributed by atoms with Gasteiger partial charge in [0, 0.05) is 16.6 Å². The number of amides is 3. The molecule has 2 saturated heterocycles. The zero-order valence-electron chi connectivity index (χ0n) is 18.4. The molecule has 4 aliphatic heterocycles. The second-order valence-electron chi connectivity index (χ2n) is 9.22. The Hall–Kier alpha value is -3.14. The van der Waals surface area contributed by atoms with E-state index < -0.39 is 47.2 Å². The van der Waals surface area contributed by atoms with Crippen LogP contribution >= 0.6 is 11.6 Å². The lowest BCUT2D eigenvalue weighted by Gasteiger charge is -2.30. The molecular formula is C24H22ClN3O6. The van der Waals surface area contributed by atoms with Crippen LogP contribution in [0.2, 0.25) is 5.02 Å². The molecule has 5 atom stereocenters. The second kappa shape index (κ2) is 7.18. The molecule has 2 aromatic rings. The number of anilines is 1. The molecule has 2 aromatic carbocycles. The Balaban J connectivity index is 1.43. The van der Waals surface area contributed by atoms with Gasteiger partial charge < -0.3 is 19.9 Å². The number of rotatable bonds is 3. The number of nitrogens with one attached hydrogen (secondary N) is 2. The predicted octanol–water partition coefficient (Wildman–Crippen LogP) is 1.68. The van der Waals surface area contributed by atoms with Gasteiger partial charge in [0.2, 0.25) is 24.5 Å². The van der Waals surface area contributed by atoms with E-state index in [2.05, 4.69) is 10.6 Å². The second-order valence-corrected chi connectivity index (χ2v) is 9.63. The van der Waals surface area contributed by atoms with Crippen molar-refractivity contribution >= 4 is 35.0 Å². The van der Waals surface area contributed by atoms with E-state index in [9.17, 15) is 19.5 Å². The Morgan fingerprint density at radius 1 is 1.18 bits per heavy atom. The van der Waals surface area contributed by atoms with Gasteiger partial charge in [-0.15, -0.1) is 0 Å². The van der Waals surface area contributed by atoms with E-state index in [4.69, 9.17) is 21.1 Å². The van der Waals surface area contributed by atoms with Crippen LogP contribution < -0.4 is 20.1 Å². The van der Waals surface area contributed by atoms with Gasteiger partial charge >= 0.3 is 0 Å². The van der Waals surface area contributed by atoms with Crippen molar-refractivity contribution in [3.63, 3.8) is 0 Å². The maximum atomic E-state index is 13.8. The van der Waals surface area contributed by atoms with E-state index in [1.54, 1.807) is 44.2 Å². The van der Waals surface area contributed by atoms with E-state index in [1.165, 1.54) is 4.90 Å². The standard InChI is InChI=1S/C24H22ClN3O6/c1-10-14(25)5-4-13-19(10)26-23(32)24(13)18-17(20(27-24)11(2)29)21(30)28(22(18)31)8-12-3-6-15-16(7-12)34-9-33-15/h3-7,11,17-18,20,27,29H,8-9H2,1-2H3,(H,26,32)/t11-,17-,18-,20-,24+/m0/s1. The monoisotopic (exact) mass is 483 g/mol. The van der Waals surface area contributed by atoms with Crippen LogP contribution in [0.25, 0.3) is 0 Å². The average molecular weight is 484 g/mol. The lowest BCUT2D eigenvalue weighted by Crippen LogP contribution is -2.54. The Morgan fingerprint density at radius 2 is 1.94 bits per heavy atom. The summed E-state index contributed by atoms with van der Waals surface area (Å²) in [7, 11) is 0. The summed E-state index contributed by atoms with van der Waals surface area (Å²) in [5.41, 5.74) is 0.985. The van der Waals surface area contributed by atoms with Crippen LogP contribution in [-0.2, 0) is 26.5 Å². The first-order chi connectivity index (χ1) is 16.2. The number of ether oxygens (including phenoxy) is 2. The van der Waals surface area contributed by atoms with Crippen molar-refractivity contribution in [3.05, 3.63) is 52.0 Å². The van der Waals surface area contributed by atoms with Crippen molar-refractivity contribution in [1.29, 1.82) is 0 Å². The van der Waals surface area contributed by atoms with E-state index >= 15 is 0 Å². The predicted molar refractivity (Wildman–Crippen MR) is 120 cm³/mol. The molecule has 10 heteroatoms. The third kappa shape index (κ3) is 2.65. The van der Waals surface area contributed by atoms with E-state index in [1.807, 2.05) is 0 Å². The lowest BCUT2D eigenvalue weighted by molar-refractivity contribution is -0.143. The molecule has 0 radical (unpaired) electrons. The van der Waals surface area contributed by atoms with Gasteiger partial charge in [0.1, 0.15) is 5.54 Å². The fraction of sp³-hybridized carbons (Fsp3) is 0.375. The first-order valence-electron chi connectivity index (χ1n) is 11.0. The largest absolute Gasteiger partial charge is 0.454 e. The molecule has 34 heavy (non-hydrogen) atoms. The number of carbonyl (C=O) groups excluding carboxylic acids is 3. The third-order valence-electron chi connectivity index (χ3n) is 7.41. The summed E-state index contributed by atoms with van der Waals surface area (Å²) in [6, 6.07) is 7.84. The highest BCUT2D eigenvalue weighted by Gasteiger charge is 2.71. The lowest BCUT2D eigenvalue weighted by atomic mass is 9.76. The van der Waals surface area contributed by atoms with Gasteiger partial charge in [0.25, 0.3) is 0 Å². The number of likely N-dealkylation sites (tertiary alicyclic amines) is 1. The maximum Gasteiger partial charge on any atom is 0.250 e. The van der Waals surface area contributed by atoms with Crippen LogP contribution in [0.15, 0.2) is 30.3 Å². The molecule has 9 nitrogen and oxygen atoms in total. The molecule has 176 valence electrons. The Kier molecular flexibility index (Phi) is 4.52. The van der Waals surface area contributed by atoms with E-state index in [0.29, 0.717) is 38.9 Å². The van der Waals surface area contributed by atoms with Crippen molar-refractivity contribution in [3.8, 4) is 11.5 Å². The SMILES string of the molecule is Cc1c(Cl)ccc2c1NC(=O)[C@@]21N[C@@H]([C@H](C)O)[C@H]2C(=O)N(Cc3ccc4c(c3)OCO4)C(=O)[C@H]21. The molecule has 4 heterocycles. The van der Waals surface area contributed by atoms with Crippen LogP contribution in [0.5, 0.6) is 11.5 Å². The van der Waals surface area contributed by atoms with Crippen molar-refractivity contribution in [2.75, 3.05) is 12.1 Å². The van der Waals surface area contributed by atoms with Crippen LogP contribution in [0.3, 0.4) is 0 Å². The topological polar surface area (TPSA) is 117 Å². The Morgan fingerprint density at radius 3 is 2.71 bits per heavy atom. The molecule has 4 aliphatic rings. The van der Waals surface area contributed by atoms with Crippen LogP contribution in [0.4, 0.5) is 5.69 Å². The van der Waals surface area contributed by atoms with Crippen LogP contribution in [0, 0.1) is 18.8 Å². The summed E-state index contributed by atoms with van der Waals surface area (Å²) >= 11 is 6.27. The van der Waals surface area contributed by atoms with Crippen molar-refractivity contribution in [2.24, 2.45) is 11.8 Å². The number of aliphatic hydroxyl groups is 1. The minimum absolute atomic E-state index is 0.0258. The normalized spacial score (nSPS) is 29.6. The molecule has 0 aromatic heterocycles. The summed E-state index contributed by atoms with van der Waals surface area (Å²) in [4.78, 5) is 42.0. The van der Waals surface area contributed by atoms with Gasteiger partial charge in [0.15, 0.2) is 11.5 Å². The molecule has 2 fully saturated rings. The zero-order chi connectivity index (χ0) is 23.9. The van der Waals surface area contributed by atoms with Crippen molar-refractivity contribution in [2.45, 2.75) is 38.1 Å². The highest BCUT2D eigenvalue weighted by atomic mass is 35.5. The number of nitrogens with zero attached hydrogens (tertiary/aromatic N) is 1. The fourth-order valence-corrected chi connectivity index (χ4v) is 5.93. The first kappa shape index (κ1) is 21.4. The number of halogens is 1. The maximum absolute atomic E-state index is 13.8. The van der Waals surface area contributed by atoms with Gasteiger partial charge in [-0.3, -0.25) is 24.6 Å². The highest BCUT2D eigenvalue weighted by molar-refractivity contribution is 6.32. The summed E-state index contributed by atoms with van der Waals surface area (Å²) in [6.45, 7) is 3.48. The molecule has 0 aliphatic carbocycles. The van der Waals surface area contributed by atoms with Crippen LogP contribution in [-0.4, -0.2) is 46.7 Å². The summed E-state index contributed by atoms with van der Waals surface area (Å²) in [5, 5.41) is 17.1. The molecule has 1 spiro atoms. The van der Waals surface area contributed by atoms with E-state index in [-0.39, 0.29) is 13.3 Å². The van der Waals surface area contributed by atoms with Gasteiger partial charge in [-0.25, -0.2) is 0 Å². The van der Waals surface area contributed by atoms with Gasteiger partial charge in [-0.05, 0) is 43.2 Å². The van der Waals surface area contributed by atoms with Crippen molar-refractivity contribution < 1.29 is 29.0 Å². The number of hydrogen-bond donors (Lipinski definition) is 3. The van der Waals surface area contributed by atoms with E-state index in [0.717, 1.165) is 0 Å². The minimum atomic E-state index is -1.48. The van der Waals surface area contributed by atoms with Crippen LogP contribution in [0.1, 0.15) is 23.6 Å².